The molecule has 2 nitrogen and oxygen atoms in total. The summed E-state index contributed by atoms with van der Waals surface area (Å²) in [6, 6.07) is 34.2. The van der Waals surface area contributed by atoms with Crippen LogP contribution in [0.5, 0.6) is 0 Å². The van der Waals surface area contributed by atoms with Gasteiger partial charge in [0.05, 0.1) is 17.1 Å². The summed E-state index contributed by atoms with van der Waals surface area (Å²) in [5, 5.41) is 3.64. The third-order valence-electron chi connectivity index (χ3n) is 5.76. The average molecular weight is 384 g/mol. The van der Waals surface area contributed by atoms with Crippen LogP contribution in [-0.4, -0.2) is 0 Å². The van der Waals surface area contributed by atoms with E-state index in [4.69, 9.17) is 0 Å². The SMILES string of the molecule is C1=Cc2ccccc2N(C2=Cc3ccccc3Nc3ccccc32)c2ccccc21. The van der Waals surface area contributed by atoms with Gasteiger partial charge in [-0.15, -0.1) is 0 Å². The van der Waals surface area contributed by atoms with Gasteiger partial charge in [0.1, 0.15) is 0 Å². The van der Waals surface area contributed by atoms with E-state index in [1.807, 2.05) is 0 Å². The molecule has 2 heterocycles. The van der Waals surface area contributed by atoms with Crippen LogP contribution in [0.1, 0.15) is 22.3 Å². The Hall–Kier alpha value is -4.04. The summed E-state index contributed by atoms with van der Waals surface area (Å²) in [7, 11) is 0. The van der Waals surface area contributed by atoms with Crippen molar-refractivity contribution in [1.82, 2.24) is 0 Å². The maximum absolute atomic E-state index is 3.64. The highest BCUT2D eigenvalue weighted by atomic mass is 15.2. The summed E-state index contributed by atoms with van der Waals surface area (Å²) in [4.78, 5) is 2.40. The minimum absolute atomic E-state index is 1.11. The van der Waals surface area contributed by atoms with Crippen molar-refractivity contribution in [3.05, 3.63) is 119 Å². The summed E-state index contributed by atoms with van der Waals surface area (Å²) in [6.07, 6.45) is 6.72. The highest BCUT2D eigenvalue weighted by Crippen LogP contribution is 2.45. The fourth-order valence-electron chi connectivity index (χ4n) is 4.34. The predicted molar refractivity (Wildman–Crippen MR) is 128 cm³/mol. The Kier molecular flexibility index (Phi) is 3.82. The quantitative estimate of drug-likeness (QED) is 0.364. The van der Waals surface area contributed by atoms with Gasteiger partial charge in [-0.25, -0.2) is 0 Å². The van der Waals surface area contributed by atoms with Crippen molar-refractivity contribution in [2.45, 2.75) is 0 Å². The molecule has 0 unspecified atom stereocenters. The van der Waals surface area contributed by atoms with E-state index in [-0.39, 0.29) is 0 Å². The summed E-state index contributed by atoms with van der Waals surface area (Å²) in [5.41, 5.74) is 10.5. The van der Waals surface area contributed by atoms with Crippen LogP contribution in [0, 0.1) is 0 Å². The molecule has 0 bridgehead atoms. The topological polar surface area (TPSA) is 15.3 Å². The molecule has 0 saturated heterocycles. The Labute approximate surface area is 176 Å². The molecule has 142 valence electrons. The van der Waals surface area contributed by atoms with Crippen molar-refractivity contribution < 1.29 is 0 Å². The molecule has 0 aromatic heterocycles. The van der Waals surface area contributed by atoms with Gasteiger partial charge in [-0.1, -0.05) is 84.9 Å². The number of fused-ring (bicyclic) bond motifs is 4. The molecule has 0 amide bonds. The zero-order valence-corrected chi connectivity index (χ0v) is 16.4. The van der Waals surface area contributed by atoms with Crippen molar-refractivity contribution in [3.8, 4) is 0 Å². The van der Waals surface area contributed by atoms with E-state index in [1.54, 1.807) is 0 Å². The van der Waals surface area contributed by atoms with Gasteiger partial charge in [-0.05, 0) is 41.5 Å². The Bertz CT molecular complexity index is 1280. The molecule has 0 spiro atoms. The van der Waals surface area contributed by atoms with Gasteiger partial charge in [-0.3, -0.25) is 0 Å². The molecule has 4 aromatic rings. The lowest BCUT2D eigenvalue weighted by Crippen LogP contribution is -2.17. The molecule has 2 heteroatoms. The van der Waals surface area contributed by atoms with Gasteiger partial charge in [0.25, 0.3) is 0 Å². The Balaban J connectivity index is 1.69. The molecule has 0 saturated carbocycles. The first-order valence-electron chi connectivity index (χ1n) is 10.2. The van der Waals surface area contributed by atoms with Gasteiger partial charge in [0.15, 0.2) is 0 Å². The second kappa shape index (κ2) is 6.78. The zero-order chi connectivity index (χ0) is 19.9. The molecular formula is C28H20N2. The number of hydrogen-bond acceptors (Lipinski definition) is 2. The molecule has 0 radical (unpaired) electrons. The van der Waals surface area contributed by atoms with Crippen LogP contribution < -0.4 is 10.2 Å². The number of hydrogen-bond donors (Lipinski definition) is 1. The van der Waals surface area contributed by atoms with Crippen LogP contribution in [0.3, 0.4) is 0 Å². The predicted octanol–water partition coefficient (Wildman–Crippen LogP) is 7.56. The third kappa shape index (κ3) is 2.66. The zero-order valence-electron chi connectivity index (χ0n) is 16.4. The largest absolute Gasteiger partial charge is 0.354 e. The van der Waals surface area contributed by atoms with E-state index >= 15 is 0 Å². The number of benzene rings is 4. The summed E-state index contributed by atoms with van der Waals surface area (Å²) in [6.45, 7) is 0. The summed E-state index contributed by atoms with van der Waals surface area (Å²) < 4.78 is 0. The van der Waals surface area contributed by atoms with Gasteiger partial charge in [0.2, 0.25) is 0 Å². The van der Waals surface area contributed by atoms with E-state index in [0.717, 1.165) is 17.1 Å². The lowest BCUT2D eigenvalue weighted by Gasteiger charge is -2.30. The van der Waals surface area contributed by atoms with Crippen LogP contribution in [-0.2, 0) is 0 Å². The van der Waals surface area contributed by atoms with Crippen LogP contribution in [0.4, 0.5) is 22.7 Å². The van der Waals surface area contributed by atoms with Crippen LogP contribution in [0.2, 0.25) is 0 Å². The smallest absolute Gasteiger partial charge is 0.0562 e. The first-order valence-corrected chi connectivity index (χ1v) is 10.2. The fourth-order valence-corrected chi connectivity index (χ4v) is 4.34. The highest BCUT2D eigenvalue weighted by molar-refractivity contribution is 6.06. The molecule has 0 aliphatic carbocycles. The Morgan fingerprint density at radius 3 is 1.73 bits per heavy atom. The third-order valence-corrected chi connectivity index (χ3v) is 5.76. The summed E-state index contributed by atoms with van der Waals surface area (Å²) in [5.74, 6) is 0. The number of anilines is 4. The minimum atomic E-state index is 1.11. The molecule has 0 fully saturated rings. The van der Waals surface area contributed by atoms with Crippen LogP contribution in [0.25, 0.3) is 23.9 Å². The second-order valence-corrected chi connectivity index (χ2v) is 7.57. The molecule has 4 aromatic carbocycles. The molecule has 2 aliphatic heterocycles. The minimum Gasteiger partial charge on any atom is -0.354 e. The number of nitrogens with zero attached hydrogens (tertiary/aromatic N) is 1. The molecule has 1 N–H and O–H groups in total. The van der Waals surface area contributed by atoms with Gasteiger partial charge >= 0.3 is 0 Å². The van der Waals surface area contributed by atoms with E-state index in [1.165, 1.54) is 33.6 Å². The van der Waals surface area contributed by atoms with Gasteiger partial charge in [0, 0.05) is 22.5 Å². The Morgan fingerprint density at radius 2 is 1.03 bits per heavy atom. The maximum Gasteiger partial charge on any atom is 0.0562 e. The normalized spacial score (nSPS) is 13.6. The van der Waals surface area contributed by atoms with Crippen molar-refractivity contribution in [2.24, 2.45) is 0 Å². The van der Waals surface area contributed by atoms with E-state index in [9.17, 15) is 0 Å². The standard InChI is InChI=1S/C28H20N2/c1-5-13-24-22(11-1)19-28(23-12-4-6-14-25(23)29-24)30-26-15-7-2-9-20(26)17-18-21-10-3-8-16-27(21)30/h1-19,29H. The summed E-state index contributed by atoms with van der Waals surface area (Å²) >= 11 is 0. The average Bonchev–Trinajstić information content (AvgIpc) is 3.06. The molecule has 6 rings (SSSR count). The molecule has 0 atom stereocenters. The van der Waals surface area contributed by atoms with Crippen LogP contribution in [0.15, 0.2) is 97.1 Å². The second-order valence-electron chi connectivity index (χ2n) is 7.57. The fraction of sp³-hybridized carbons (Fsp3) is 0. The lowest BCUT2D eigenvalue weighted by atomic mass is 10.0. The molecule has 2 aliphatic rings. The Morgan fingerprint density at radius 1 is 0.500 bits per heavy atom. The molecular weight excluding hydrogens is 364 g/mol. The van der Waals surface area contributed by atoms with E-state index in [0.29, 0.717) is 0 Å². The van der Waals surface area contributed by atoms with E-state index in [2.05, 4.69) is 126 Å². The number of para-hydroxylation sites is 4. The molecule has 30 heavy (non-hydrogen) atoms. The highest BCUT2D eigenvalue weighted by Gasteiger charge is 2.25. The van der Waals surface area contributed by atoms with Crippen LogP contribution >= 0.6 is 0 Å². The monoisotopic (exact) mass is 384 g/mol. The first-order chi connectivity index (χ1) is 14.9. The van der Waals surface area contributed by atoms with Crippen molar-refractivity contribution >= 4 is 46.7 Å². The van der Waals surface area contributed by atoms with Gasteiger partial charge < -0.3 is 10.2 Å². The number of rotatable bonds is 1. The van der Waals surface area contributed by atoms with Gasteiger partial charge in [-0.2, -0.15) is 0 Å². The van der Waals surface area contributed by atoms with Crippen molar-refractivity contribution in [3.63, 3.8) is 0 Å². The maximum atomic E-state index is 3.64. The van der Waals surface area contributed by atoms with Crippen molar-refractivity contribution in [1.29, 1.82) is 0 Å². The van der Waals surface area contributed by atoms with Crippen molar-refractivity contribution in [2.75, 3.05) is 10.2 Å². The number of nitrogens with one attached hydrogen (secondary N) is 1. The first kappa shape index (κ1) is 16.9. The lowest BCUT2D eigenvalue weighted by molar-refractivity contribution is 1.29. The van der Waals surface area contributed by atoms with E-state index < -0.39 is 0 Å².